The Morgan fingerprint density at radius 1 is 1.19 bits per heavy atom. The van der Waals surface area contributed by atoms with Crippen molar-refractivity contribution in [2.75, 3.05) is 25.4 Å². The molecule has 2 heterocycles. The van der Waals surface area contributed by atoms with Crippen LogP contribution in [0.1, 0.15) is 6.92 Å². The van der Waals surface area contributed by atoms with Gasteiger partial charge in [-0.3, -0.25) is 4.79 Å². The fourth-order valence-corrected chi connectivity index (χ4v) is 3.67. The first-order valence-corrected chi connectivity index (χ1v) is 9.86. The van der Waals surface area contributed by atoms with Crippen molar-refractivity contribution in [1.82, 2.24) is 9.88 Å². The maximum atomic E-state index is 12.6. The van der Waals surface area contributed by atoms with E-state index in [4.69, 9.17) is 13.9 Å². The second-order valence-corrected chi connectivity index (χ2v) is 7.09. The summed E-state index contributed by atoms with van der Waals surface area (Å²) in [5.41, 5.74) is 1.53. The lowest BCUT2D eigenvalue weighted by molar-refractivity contribution is -0.129. The van der Waals surface area contributed by atoms with E-state index in [9.17, 15) is 4.79 Å². The number of rotatable bonds is 6. The highest BCUT2D eigenvalue weighted by Crippen LogP contribution is 2.31. The minimum Gasteiger partial charge on any atom is -0.486 e. The number of aromatic nitrogens is 1. The number of para-hydroxylation sites is 4. The number of thioether (sulfide) groups is 1. The van der Waals surface area contributed by atoms with E-state index in [0.717, 1.165) is 22.6 Å². The minimum atomic E-state index is -0.182. The van der Waals surface area contributed by atoms with Crippen molar-refractivity contribution in [1.29, 1.82) is 0 Å². The molecule has 6 nitrogen and oxygen atoms in total. The van der Waals surface area contributed by atoms with E-state index in [1.54, 1.807) is 4.90 Å². The summed E-state index contributed by atoms with van der Waals surface area (Å²) in [5, 5.41) is 0.506. The topological polar surface area (TPSA) is 64.8 Å². The molecule has 0 bridgehead atoms. The molecule has 4 rings (SSSR count). The Kier molecular flexibility index (Phi) is 5.20. The molecule has 0 saturated heterocycles. The molecule has 1 amide bonds. The largest absolute Gasteiger partial charge is 0.486 e. The van der Waals surface area contributed by atoms with Gasteiger partial charge < -0.3 is 18.8 Å². The van der Waals surface area contributed by atoms with Crippen molar-refractivity contribution in [2.45, 2.75) is 18.3 Å². The zero-order valence-corrected chi connectivity index (χ0v) is 15.8. The van der Waals surface area contributed by atoms with Crippen LogP contribution in [-0.4, -0.2) is 47.3 Å². The first kappa shape index (κ1) is 17.7. The van der Waals surface area contributed by atoms with Gasteiger partial charge in [0.1, 0.15) is 12.1 Å². The second kappa shape index (κ2) is 7.92. The zero-order chi connectivity index (χ0) is 18.6. The number of carbonyl (C=O) groups is 1. The van der Waals surface area contributed by atoms with Gasteiger partial charge in [0.2, 0.25) is 5.91 Å². The summed E-state index contributed by atoms with van der Waals surface area (Å²) in [6.07, 6.45) is -0.182. The van der Waals surface area contributed by atoms with Crippen LogP contribution in [-0.2, 0) is 4.79 Å². The van der Waals surface area contributed by atoms with Gasteiger partial charge in [-0.1, -0.05) is 36.0 Å². The van der Waals surface area contributed by atoms with Crippen molar-refractivity contribution >= 4 is 28.8 Å². The normalized spacial score (nSPS) is 15.7. The Labute approximate surface area is 161 Å². The van der Waals surface area contributed by atoms with Gasteiger partial charge in [-0.2, -0.15) is 0 Å². The highest BCUT2D eigenvalue weighted by atomic mass is 32.2. The summed E-state index contributed by atoms with van der Waals surface area (Å²) in [6.45, 7) is 3.48. The summed E-state index contributed by atoms with van der Waals surface area (Å²) >= 11 is 1.31. The van der Waals surface area contributed by atoms with Gasteiger partial charge in [-0.05, 0) is 31.2 Å². The van der Waals surface area contributed by atoms with Crippen LogP contribution in [0.4, 0.5) is 0 Å². The number of nitrogens with zero attached hydrogens (tertiary/aromatic N) is 2. The van der Waals surface area contributed by atoms with Crippen LogP contribution in [0.3, 0.4) is 0 Å². The molecule has 0 saturated carbocycles. The number of amides is 1. The lowest BCUT2D eigenvalue weighted by Gasteiger charge is -2.30. The number of benzene rings is 2. The van der Waals surface area contributed by atoms with Crippen LogP contribution in [0.25, 0.3) is 11.1 Å². The molecule has 3 aromatic rings. The summed E-state index contributed by atoms with van der Waals surface area (Å²) in [4.78, 5) is 18.8. The Hall–Kier alpha value is -2.67. The Morgan fingerprint density at radius 3 is 2.78 bits per heavy atom. The number of likely N-dealkylation sites (N-methyl/N-ethyl adjacent to an activating group) is 1. The number of carbonyl (C=O) groups excluding carboxylic acids is 1. The fraction of sp³-hybridized carbons (Fsp3) is 0.300. The molecule has 0 unspecified atom stereocenters. The molecule has 1 aliphatic rings. The number of fused-ring (bicyclic) bond motifs is 2. The Balaban J connectivity index is 1.34. The minimum absolute atomic E-state index is 0.0206. The summed E-state index contributed by atoms with van der Waals surface area (Å²) in [5.74, 6) is 1.75. The smallest absolute Gasteiger partial charge is 0.257 e. The van der Waals surface area contributed by atoms with E-state index in [2.05, 4.69) is 4.98 Å². The SMILES string of the molecule is CCN(C[C@H]1COc2ccccc2O1)C(=O)CSc1nc2ccccc2o1. The van der Waals surface area contributed by atoms with E-state index in [-0.39, 0.29) is 17.8 Å². The van der Waals surface area contributed by atoms with E-state index in [0.29, 0.717) is 24.9 Å². The average molecular weight is 384 g/mol. The Morgan fingerprint density at radius 2 is 1.96 bits per heavy atom. The van der Waals surface area contributed by atoms with Crippen molar-refractivity contribution in [2.24, 2.45) is 0 Å². The molecule has 0 N–H and O–H groups in total. The van der Waals surface area contributed by atoms with E-state index >= 15 is 0 Å². The maximum Gasteiger partial charge on any atom is 0.257 e. The molecule has 1 aliphatic heterocycles. The van der Waals surface area contributed by atoms with E-state index in [1.165, 1.54) is 11.8 Å². The summed E-state index contributed by atoms with van der Waals surface area (Å²) < 4.78 is 17.3. The van der Waals surface area contributed by atoms with Crippen LogP contribution in [0.2, 0.25) is 0 Å². The molecule has 1 aromatic heterocycles. The van der Waals surface area contributed by atoms with Crippen LogP contribution in [0.15, 0.2) is 58.2 Å². The number of hydrogen-bond donors (Lipinski definition) is 0. The summed E-state index contributed by atoms with van der Waals surface area (Å²) in [6, 6.07) is 15.1. The third-order valence-electron chi connectivity index (χ3n) is 4.32. The monoisotopic (exact) mass is 384 g/mol. The molecular weight excluding hydrogens is 364 g/mol. The van der Waals surface area contributed by atoms with Gasteiger partial charge in [0.25, 0.3) is 5.22 Å². The van der Waals surface area contributed by atoms with Crippen molar-refractivity contribution in [3.8, 4) is 11.5 Å². The van der Waals surface area contributed by atoms with Crippen LogP contribution >= 0.6 is 11.8 Å². The number of oxazole rings is 1. The first-order valence-electron chi connectivity index (χ1n) is 8.87. The van der Waals surface area contributed by atoms with Crippen molar-refractivity contribution in [3.63, 3.8) is 0 Å². The molecule has 140 valence electrons. The molecule has 0 aliphatic carbocycles. The molecule has 0 radical (unpaired) electrons. The molecule has 1 atom stereocenters. The van der Waals surface area contributed by atoms with Gasteiger partial charge >= 0.3 is 0 Å². The first-order chi connectivity index (χ1) is 13.2. The molecule has 7 heteroatoms. The van der Waals surface area contributed by atoms with Gasteiger partial charge in [0, 0.05) is 6.54 Å². The molecule has 0 fully saturated rings. The quantitative estimate of drug-likeness (QED) is 0.605. The Bertz CT molecular complexity index is 909. The lowest BCUT2D eigenvalue weighted by Crippen LogP contribution is -2.44. The molecule has 27 heavy (non-hydrogen) atoms. The fourth-order valence-electron chi connectivity index (χ4n) is 2.93. The van der Waals surface area contributed by atoms with Crippen LogP contribution in [0, 0.1) is 0 Å². The highest BCUT2D eigenvalue weighted by molar-refractivity contribution is 7.99. The van der Waals surface area contributed by atoms with Crippen molar-refractivity contribution < 1.29 is 18.7 Å². The molecule has 0 spiro atoms. The second-order valence-electron chi connectivity index (χ2n) is 6.17. The van der Waals surface area contributed by atoms with Crippen LogP contribution in [0.5, 0.6) is 11.5 Å². The summed E-state index contributed by atoms with van der Waals surface area (Å²) in [7, 11) is 0. The van der Waals surface area contributed by atoms with Crippen molar-refractivity contribution in [3.05, 3.63) is 48.5 Å². The predicted molar refractivity (Wildman–Crippen MR) is 103 cm³/mol. The van der Waals surface area contributed by atoms with E-state index < -0.39 is 0 Å². The van der Waals surface area contributed by atoms with Gasteiger partial charge in [0.15, 0.2) is 23.2 Å². The van der Waals surface area contributed by atoms with Gasteiger partial charge in [-0.15, -0.1) is 0 Å². The predicted octanol–water partition coefficient (Wildman–Crippen LogP) is 3.61. The third kappa shape index (κ3) is 4.03. The third-order valence-corrected chi connectivity index (χ3v) is 5.13. The lowest BCUT2D eigenvalue weighted by atomic mass is 10.2. The highest BCUT2D eigenvalue weighted by Gasteiger charge is 2.25. The molecular formula is C20H20N2O4S. The van der Waals surface area contributed by atoms with Gasteiger partial charge in [-0.25, -0.2) is 4.98 Å². The van der Waals surface area contributed by atoms with Crippen LogP contribution < -0.4 is 9.47 Å². The maximum absolute atomic E-state index is 12.6. The zero-order valence-electron chi connectivity index (χ0n) is 15.0. The average Bonchev–Trinajstić information content (AvgIpc) is 3.13. The number of hydrogen-bond acceptors (Lipinski definition) is 6. The molecule has 2 aromatic carbocycles. The van der Waals surface area contributed by atoms with E-state index in [1.807, 2.05) is 55.5 Å². The standard InChI is InChI=1S/C20H20N2O4S/c1-2-22(11-14-12-24-17-9-5-6-10-18(17)25-14)19(23)13-27-20-21-15-7-3-4-8-16(15)26-20/h3-10,14H,2,11-13H2,1H3/t14-/m0/s1. The number of ether oxygens (including phenoxy) is 2. The van der Waals surface area contributed by atoms with Gasteiger partial charge in [0.05, 0.1) is 12.3 Å².